The normalized spacial score (nSPS) is 12.2. The third-order valence-corrected chi connectivity index (χ3v) is 5.33. The summed E-state index contributed by atoms with van der Waals surface area (Å²) >= 11 is 4.77. The van der Waals surface area contributed by atoms with E-state index in [1.54, 1.807) is 5.37 Å². The van der Waals surface area contributed by atoms with E-state index in [1.807, 2.05) is 0 Å². The van der Waals surface area contributed by atoms with Crippen molar-refractivity contribution in [3.8, 4) is 0 Å². The molecule has 1 unspecified atom stereocenters. The van der Waals surface area contributed by atoms with Gasteiger partial charge >= 0.3 is 5.97 Å². The number of carboxylic acids is 1. The van der Waals surface area contributed by atoms with E-state index in [1.165, 1.54) is 96.3 Å². The quantitative estimate of drug-likeness (QED) is 0.176. The summed E-state index contributed by atoms with van der Waals surface area (Å²) in [7, 11) is 0. The standard InChI is InChI=1S/C22H42O2S/c1-2-3-4-5-6-7-8-9-10-11-12-13-14-15-16-17-18-21(19-20-25)22(23)24/h20-21H,2-19H2,1H3,(H,23,24). The van der Waals surface area contributed by atoms with Crippen molar-refractivity contribution in [3.63, 3.8) is 0 Å². The Morgan fingerprint density at radius 1 is 0.760 bits per heavy atom. The molecule has 2 nitrogen and oxygen atoms in total. The van der Waals surface area contributed by atoms with Gasteiger partial charge in [0, 0.05) is 0 Å². The first-order valence-corrected chi connectivity index (χ1v) is 11.4. The van der Waals surface area contributed by atoms with Crippen molar-refractivity contribution in [2.45, 2.75) is 122 Å². The molecular formula is C22H42O2S. The maximum Gasteiger partial charge on any atom is 0.306 e. The Labute approximate surface area is 162 Å². The summed E-state index contributed by atoms with van der Waals surface area (Å²) in [4.78, 5) is 11.0. The van der Waals surface area contributed by atoms with Crippen LogP contribution in [0.5, 0.6) is 0 Å². The Balaban J connectivity index is 3.18. The van der Waals surface area contributed by atoms with Crippen LogP contribution in [-0.4, -0.2) is 16.4 Å². The second-order valence-corrected chi connectivity index (χ2v) is 7.86. The number of hydrogen-bond acceptors (Lipinski definition) is 2. The largest absolute Gasteiger partial charge is 0.481 e. The van der Waals surface area contributed by atoms with Crippen LogP contribution in [0.4, 0.5) is 0 Å². The predicted molar refractivity (Wildman–Crippen MR) is 114 cm³/mol. The van der Waals surface area contributed by atoms with Crippen molar-refractivity contribution in [1.82, 2.24) is 0 Å². The van der Waals surface area contributed by atoms with Gasteiger partial charge in [0.1, 0.15) is 0 Å². The van der Waals surface area contributed by atoms with Crippen molar-refractivity contribution < 1.29 is 9.90 Å². The Hall–Kier alpha value is -0.440. The van der Waals surface area contributed by atoms with Crippen molar-refractivity contribution in [2.24, 2.45) is 5.92 Å². The van der Waals surface area contributed by atoms with Crippen LogP contribution in [-0.2, 0) is 4.79 Å². The lowest BCUT2D eigenvalue weighted by Gasteiger charge is -2.09. The molecule has 0 aromatic rings. The Kier molecular flexibility index (Phi) is 19.5. The molecule has 0 aliphatic heterocycles. The molecule has 0 radical (unpaired) electrons. The summed E-state index contributed by atoms with van der Waals surface area (Å²) in [5, 5.41) is 10.6. The van der Waals surface area contributed by atoms with E-state index in [-0.39, 0.29) is 5.92 Å². The van der Waals surface area contributed by atoms with Gasteiger partial charge in [-0.3, -0.25) is 4.79 Å². The molecule has 0 aliphatic carbocycles. The van der Waals surface area contributed by atoms with E-state index in [9.17, 15) is 4.79 Å². The zero-order valence-electron chi connectivity index (χ0n) is 16.6. The number of aliphatic carboxylic acids is 1. The van der Waals surface area contributed by atoms with Gasteiger partial charge in [-0.05, 0) is 18.2 Å². The van der Waals surface area contributed by atoms with Crippen LogP contribution in [0.1, 0.15) is 122 Å². The Bertz CT molecular complexity index is 304. The first-order valence-electron chi connectivity index (χ1n) is 10.9. The average Bonchev–Trinajstić information content (AvgIpc) is 2.60. The molecular weight excluding hydrogens is 328 g/mol. The smallest absolute Gasteiger partial charge is 0.306 e. The van der Waals surface area contributed by atoms with E-state index in [0.29, 0.717) is 6.42 Å². The van der Waals surface area contributed by atoms with Crippen LogP contribution < -0.4 is 0 Å². The molecule has 1 atom stereocenters. The lowest BCUT2D eigenvalue weighted by atomic mass is 9.98. The molecule has 0 spiro atoms. The van der Waals surface area contributed by atoms with E-state index < -0.39 is 5.97 Å². The second-order valence-electron chi connectivity index (χ2n) is 7.53. The zero-order chi connectivity index (χ0) is 18.6. The summed E-state index contributed by atoms with van der Waals surface area (Å²) in [5.74, 6) is -0.953. The fourth-order valence-electron chi connectivity index (χ4n) is 3.40. The highest BCUT2D eigenvalue weighted by Gasteiger charge is 2.14. The highest BCUT2D eigenvalue weighted by atomic mass is 32.1. The van der Waals surface area contributed by atoms with Crippen LogP contribution in [0.15, 0.2) is 0 Å². The molecule has 0 bridgehead atoms. The Morgan fingerprint density at radius 3 is 1.44 bits per heavy atom. The number of carboxylic acid groups (broad SMARTS) is 1. The minimum absolute atomic E-state index is 0.260. The first kappa shape index (κ1) is 24.6. The minimum atomic E-state index is -0.693. The molecule has 0 saturated heterocycles. The first-order chi connectivity index (χ1) is 12.2. The van der Waals surface area contributed by atoms with Gasteiger partial charge < -0.3 is 5.11 Å². The fraction of sp³-hybridized carbons (Fsp3) is 0.909. The van der Waals surface area contributed by atoms with Crippen molar-refractivity contribution >= 4 is 23.6 Å². The summed E-state index contributed by atoms with van der Waals surface area (Å²) in [6, 6.07) is 0. The summed E-state index contributed by atoms with van der Waals surface area (Å²) < 4.78 is 0. The molecule has 0 rings (SSSR count). The van der Waals surface area contributed by atoms with E-state index in [4.69, 9.17) is 17.3 Å². The maximum absolute atomic E-state index is 11.0. The van der Waals surface area contributed by atoms with Crippen molar-refractivity contribution in [2.75, 3.05) is 0 Å². The van der Waals surface area contributed by atoms with Crippen LogP contribution in [0.3, 0.4) is 0 Å². The molecule has 25 heavy (non-hydrogen) atoms. The summed E-state index contributed by atoms with van der Waals surface area (Å²) in [6.07, 6.45) is 22.9. The number of hydrogen-bond donors (Lipinski definition) is 1. The summed E-state index contributed by atoms with van der Waals surface area (Å²) in [6.45, 7) is 2.28. The lowest BCUT2D eigenvalue weighted by molar-refractivity contribution is -0.141. The van der Waals surface area contributed by atoms with Crippen molar-refractivity contribution in [3.05, 3.63) is 0 Å². The highest BCUT2D eigenvalue weighted by molar-refractivity contribution is 7.78. The van der Waals surface area contributed by atoms with Gasteiger partial charge in [0.25, 0.3) is 0 Å². The zero-order valence-corrected chi connectivity index (χ0v) is 17.5. The number of unbranched alkanes of at least 4 members (excludes halogenated alkanes) is 15. The molecule has 0 saturated carbocycles. The van der Waals surface area contributed by atoms with E-state index >= 15 is 0 Å². The summed E-state index contributed by atoms with van der Waals surface area (Å²) in [5.41, 5.74) is 0. The number of thiocarbonyl (C=S) groups is 1. The molecule has 0 amide bonds. The van der Waals surface area contributed by atoms with Gasteiger partial charge in [-0.25, -0.2) is 0 Å². The molecule has 3 heteroatoms. The molecule has 0 aliphatic rings. The number of carbonyl (C=O) groups is 1. The Morgan fingerprint density at radius 2 is 1.12 bits per heavy atom. The molecule has 148 valence electrons. The van der Waals surface area contributed by atoms with Gasteiger partial charge in [0.05, 0.1) is 5.92 Å². The van der Waals surface area contributed by atoms with Gasteiger partial charge in [-0.15, -0.1) is 0 Å². The minimum Gasteiger partial charge on any atom is -0.481 e. The van der Waals surface area contributed by atoms with Crippen LogP contribution >= 0.6 is 12.2 Å². The van der Waals surface area contributed by atoms with Gasteiger partial charge in [-0.2, -0.15) is 0 Å². The monoisotopic (exact) mass is 370 g/mol. The highest BCUT2D eigenvalue weighted by Crippen LogP contribution is 2.16. The van der Waals surface area contributed by atoms with Gasteiger partial charge in [-0.1, -0.05) is 122 Å². The maximum atomic E-state index is 11.0. The third kappa shape index (κ3) is 18.2. The second kappa shape index (κ2) is 19.9. The molecule has 0 heterocycles. The van der Waals surface area contributed by atoms with Gasteiger partial charge in [0.2, 0.25) is 0 Å². The molecule has 0 aromatic carbocycles. The molecule has 0 fully saturated rings. The topological polar surface area (TPSA) is 37.3 Å². The third-order valence-electron chi connectivity index (χ3n) is 5.14. The lowest BCUT2D eigenvalue weighted by Crippen LogP contribution is -2.13. The van der Waals surface area contributed by atoms with Crippen molar-refractivity contribution in [1.29, 1.82) is 0 Å². The fourth-order valence-corrected chi connectivity index (χ4v) is 3.63. The van der Waals surface area contributed by atoms with Crippen LogP contribution in [0.2, 0.25) is 0 Å². The SMILES string of the molecule is CCCCCCCCCCCCCCCCCCC(CC=S)C(=O)O. The van der Waals surface area contributed by atoms with E-state index in [2.05, 4.69) is 6.92 Å². The molecule has 1 N–H and O–H groups in total. The van der Waals surface area contributed by atoms with Crippen LogP contribution in [0.25, 0.3) is 0 Å². The average molecular weight is 371 g/mol. The predicted octanol–water partition coefficient (Wildman–Crippen LogP) is 7.73. The van der Waals surface area contributed by atoms with E-state index in [0.717, 1.165) is 12.8 Å². The molecule has 0 aromatic heterocycles. The van der Waals surface area contributed by atoms with Crippen LogP contribution in [0, 0.1) is 5.92 Å². The van der Waals surface area contributed by atoms with Gasteiger partial charge in [0.15, 0.2) is 0 Å². The number of rotatable bonds is 20.